The summed E-state index contributed by atoms with van der Waals surface area (Å²) in [4.78, 5) is 0. The molecule has 0 bridgehead atoms. The SMILES string of the molecule is COc1ccc2[o+]c(-c3ccccc3)c(OC)c(OC)c2c1OC. The summed E-state index contributed by atoms with van der Waals surface area (Å²) in [6.07, 6.45) is 0. The summed E-state index contributed by atoms with van der Waals surface area (Å²) < 4.78 is 28.2. The van der Waals surface area contributed by atoms with E-state index in [9.17, 15) is 0 Å². The maximum atomic E-state index is 6.11. The average molecular weight is 327 g/mol. The van der Waals surface area contributed by atoms with Crippen molar-refractivity contribution in [3.63, 3.8) is 0 Å². The number of methoxy groups -OCH3 is 4. The fraction of sp³-hybridized carbons (Fsp3) is 0.211. The van der Waals surface area contributed by atoms with Crippen LogP contribution in [0.15, 0.2) is 46.9 Å². The van der Waals surface area contributed by atoms with E-state index in [1.807, 2.05) is 36.4 Å². The van der Waals surface area contributed by atoms with Crippen molar-refractivity contribution in [3.8, 4) is 34.3 Å². The molecule has 0 aliphatic carbocycles. The minimum Gasteiger partial charge on any atom is -0.493 e. The lowest BCUT2D eigenvalue weighted by Crippen LogP contribution is -1.98. The van der Waals surface area contributed by atoms with Crippen LogP contribution in [0.5, 0.6) is 23.0 Å². The summed E-state index contributed by atoms with van der Waals surface area (Å²) in [7, 11) is 6.33. The van der Waals surface area contributed by atoms with Crippen LogP contribution < -0.4 is 18.9 Å². The van der Waals surface area contributed by atoms with E-state index in [0.29, 0.717) is 39.7 Å². The Balaban J connectivity index is 2.42. The molecule has 3 rings (SSSR count). The third-order valence-corrected chi connectivity index (χ3v) is 3.80. The van der Waals surface area contributed by atoms with E-state index < -0.39 is 0 Å². The van der Waals surface area contributed by atoms with Crippen molar-refractivity contribution in [1.82, 2.24) is 0 Å². The predicted octanol–water partition coefficient (Wildman–Crippen LogP) is 4.42. The summed E-state index contributed by atoms with van der Waals surface area (Å²) in [6.45, 7) is 0. The van der Waals surface area contributed by atoms with Crippen molar-refractivity contribution in [1.29, 1.82) is 0 Å². The van der Waals surface area contributed by atoms with Crippen LogP contribution in [-0.4, -0.2) is 28.4 Å². The molecule has 2 aromatic carbocycles. The van der Waals surface area contributed by atoms with Gasteiger partial charge in [0.05, 0.1) is 34.0 Å². The molecule has 0 spiro atoms. The fourth-order valence-corrected chi connectivity index (χ4v) is 2.74. The number of hydrogen-bond donors (Lipinski definition) is 0. The van der Waals surface area contributed by atoms with Gasteiger partial charge in [0.2, 0.25) is 0 Å². The maximum absolute atomic E-state index is 6.11. The molecule has 5 nitrogen and oxygen atoms in total. The van der Waals surface area contributed by atoms with Crippen molar-refractivity contribution >= 4 is 11.0 Å². The first-order chi connectivity index (χ1) is 11.7. The van der Waals surface area contributed by atoms with Crippen molar-refractivity contribution in [2.45, 2.75) is 0 Å². The van der Waals surface area contributed by atoms with Gasteiger partial charge in [0.1, 0.15) is 0 Å². The van der Waals surface area contributed by atoms with E-state index in [0.717, 1.165) is 5.56 Å². The molecule has 0 radical (unpaired) electrons. The van der Waals surface area contributed by atoms with Gasteiger partial charge in [-0.1, -0.05) is 18.2 Å². The third kappa shape index (κ3) is 2.48. The smallest absolute Gasteiger partial charge is 0.406 e. The quantitative estimate of drug-likeness (QED) is 0.649. The molecular weight excluding hydrogens is 308 g/mol. The van der Waals surface area contributed by atoms with Gasteiger partial charge in [-0.05, 0) is 18.2 Å². The van der Waals surface area contributed by atoms with Crippen molar-refractivity contribution in [2.24, 2.45) is 0 Å². The molecule has 0 N–H and O–H groups in total. The molecule has 0 unspecified atom stereocenters. The van der Waals surface area contributed by atoms with Crippen LogP contribution >= 0.6 is 0 Å². The van der Waals surface area contributed by atoms with Gasteiger partial charge in [0.15, 0.2) is 22.6 Å². The van der Waals surface area contributed by atoms with Crippen LogP contribution in [0.25, 0.3) is 22.3 Å². The number of ether oxygens (including phenoxy) is 4. The Bertz CT molecular complexity index is 859. The maximum Gasteiger partial charge on any atom is 0.406 e. The zero-order valence-corrected chi connectivity index (χ0v) is 14.1. The molecule has 0 saturated carbocycles. The molecule has 0 atom stereocenters. The minimum absolute atomic E-state index is 0.503. The van der Waals surface area contributed by atoms with Crippen molar-refractivity contribution in [2.75, 3.05) is 28.4 Å². The van der Waals surface area contributed by atoms with Gasteiger partial charge in [-0.15, -0.1) is 0 Å². The first-order valence-electron chi connectivity index (χ1n) is 7.43. The largest absolute Gasteiger partial charge is 0.493 e. The van der Waals surface area contributed by atoms with E-state index >= 15 is 0 Å². The van der Waals surface area contributed by atoms with Crippen molar-refractivity contribution in [3.05, 3.63) is 42.5 Å². The summed E-state index contributed by atoms with van der Waals surface area (Å²) in [5.41, 5.74) is 1.51. The van der Waals surface area contributed by atoms with Crippen LogP contribution in [0.2, 0.25) is 0 Å². The molecule has 0 amide bonds. The third-order valence-electron chi connectivity index (χ3n) is 3.80. The zero-order valence-electron chi connectivity index (χ0n) is 14.1. The van der Waals surface area contributed by atoms with Crippen molar-refractivity contribution < 1.29 is 23.4 Å². The van der Waals surface area contributed by atoms with Gasteiger partial charge < -0.3 is 18.9 Å². The molecule has 0 aliphatic heterocycles. The molecule has 5 heteroatoms. The predicted molar refractivity (Wildman–Crippen MR) is 92.3 cm³/mol. The van der Waals surface area contributed by atoms with Crippen LogP contribution in [0, 0.1) is 0 Å². The van der Waals surface area contributed by atoms with Gasteiger partial charge in [-0.25, -0.2) is 4.42 Å². The van der Waals surface area contributed by atoms with Gasteiger partial charge in [0, 0.05) is 6.07 Å². The average Bonchev–Trinajstić information content (AvgIpc) is 2.65. The van der Waals surface area contributed by atoms with Gasteiger partial charge in [-0.2, -0.15) is 0 Å². The Labute approximate surface area is 140 Å². The highest BCUT2D eigenvalue weighted by Gasteiger charge is 2.32. The summed E-state index contributed by atoms with van der Waals surface area (Å²) in [6, 6.07) is 13.4. The van der Waals surface area contributed by atoms with Crippen LogP contribution in [0.3, 0.4) is 0 Å². The molecule has 0 saturated heterocycles. The second-order valence-corrected chi connectivity index (χ2v) is 5.04. The molecule has 0 aliphatic rings. The standard InChI is InChI=1S/C19H19O5/c1-20-14-11-10-13-15(17(14)21-2)18(22-3)19(23-4)16(24-13)12-8-6-5-7-9-12/h5-11H,1-4H3/q+1. The zero-order chi connectivity index (χ0) is 17.1. The van der Waals surface area contributed by atoms with E-state index in [2.05, 4.69) is 0 Å². The lowest BCUT2D eigenvalue weighted by atomic mass is 10.1. The number of hydrogen-bond acceptors (Lipinski definition) is 4. The molecule has 24 heavy (non-hydrogen) atoms. The number of fused-ring (bicyclic) bond motifs is 1. The Kier molecular flexibility index (Phi) is 4.42. The Hall–Kier alpha value is -2.95. The highest BCUT2D eigenvalue weighted by atomic mass is 16.5. The van der Waals surface area contributed by atoms with E-state index in [1.165, 1.54) is 0 Å². The number of rotatable bonds is 5. The second kappa shape index (κ2) is 6.66. The summed E-state index contributed by atoms with van der Waals surface area (Å²) in [5.74, 6) is 2.76. The van der Waals surface area contributed by atoms with E-state index in [-0.39, 0.29) is 0 Å². The monoisotopic (exact) mass is 327 g/mol. The van der Waals surface area contributed by atoms with Gasteiger partial charge in [-0.3, -0.25) is 0 Å². The number of benzene rings is 2. The van der Waals surface area contributed by atoms with E-state index in [4.69, 9.17) is 23.4 Å². The second-order valence-electron chi connectivity index (χ2n) is 5.04. The summed E-state index contributed by atoms with van der Waals surface area (Å²) in [5, 5.41) is 0.663. The minimum atomic E-state index is 0.503. The Morgan fingerprint density at radius 2 is 1.33 bits per heavy atom. The first kappa shape index (κ1) is 15.9. The first-order valence-corrected chi connectivity index (χ1v) is 7.43. The van der Waals surface area contributed by atoms with Gasteiger partial charge >= 0.3 is 11.3 Å². The highest BCUT2D eigenvalue weighted by molar-refractivity contribution is 5.96. The fourth-order valence-electron chi connectivity index (χ4n) is 2.74. The lowest BCUT2D eigenvalue weighted by Gasteiger charge is -2.12. The molecule has 1 heterocycles. The van der Waals surface area contributed by atoms with Crippen LogP contribution in [0.4, 0.5) is 0 Å². The normalized spacial score (nSPS) is 10.5. The van der Waals surface area contributed by atoms with Gasteiger partial charge in [0.25, 0.3) is 5.75 Å². The lowest BCUT2D eigenvalue weighted by molar-refractivity contribution is 0.341. The summed E-state index contributed by atoms with van der Waals surface area (Å²) >= 11 is 0. The molecule has 0 fully saturated rings. The molecule has 1 aromatic heterocycles. The van der Waals surface area contributed by atoms with Crippen LogP contribution in [-0.2, 0) is 0 Å². The molecule has 124 valence electrons. The topological polar surface area (TPSA) is 48.2 Å². The highest BCUT2D eigenvalue weighted by Crippen LogP contribution is 2.49. The Morgan fingerprint density at radius 3 is 1.92 bits per heavy atom. The van der Waals surface area contributed by atoms with E-state index in [1.54, 1.807) is 34.5 Å². The molecular formula is C19H19O5+. The van der Waals surface area contributed by atoms with Crippen LogP contribution in [0.1, 0.15) is 0 Å². The molecule has 3 aromatic rings. The Morgan fingerprint density at radius 1 is 0.667 bits per heavy atom.